The van der Waals surface area contributed by atoms with E-state index in [4.69, 9.17) is 37.7 Å². The predicted octanol–water partition coefficient (Wildman–Crippen LogP) is 4.80. The maximum atomic E-state index is 13.1. The zero-order valence-corrected chi connectivity index (χ0v) is 20.6. The second-order valence-electron chi connectivity index (χ2n) is 8.00. The molecule has 9 heteroatoms. The molecule has 0 aliphatic carbocycles. The highest BCUT2D eigenvalue weighted by Gasteiger charge is 2.28. The second kappa shape index (κ2) is 9.63. The molecule has 33 heavy (non-hydrogen) atoms. The minimum Gasteiger partial charge on any atom is -0.493 e. The highest BCUT2D eigenvalue weighted by Crippen LogP contribution is 2.35. The van der Waals surface area contributed by atoms with Gasteiger partial charge < -0.3 is 9.47 Å². The first-order valence-corrected chi connectivity index (χ1v) is 11.3. The molecule has 0 N–H and O–H groups in total. The van der Waals surface area contributed by atoms with Gasteiger partial charge in [0.25, 0.3) is 5.56 Å². The lowest BCUT2D eigenvalue weighted by Gasteiger charge is -2.38. The number of ether oxygens (including phenoxy) is 2. The van der Waals surface area contributed by atoms with Gasteiger partial charge in [-0.2, -0.15) is 0 Å². The third-order valence-corrected chi connectivity index (χ3v) is 6.45. The van der Waals surface area contributed by atoms with Crippen LogP contribution in [0.5, 0.6) is 11.5 Å². The fourth-order valence-electron chi connectivity index (χ4n) is 3.93. The van der Waals surface area contributed by atoms with Crippen LogP contribution < -0.4 is 19.9 Å². The molecule has 4 rings (SSSR count). The fraction of sp³-hybridized carbons (Fsp3) is 0.333. The van der Waals surface area contributed by atoms with Gasteiger partial charge in [0.15, 0.2) is 11.5 Å². The highest BCUT2D eigenvalue weighted by atomic mass is 35.5. The lowest BCUT2D eigenvalue weighted by atomic mass is 10.1. The van der Waals surface area contributed by atoms with E-state index in [-0.39, 0.29) is 5.56 Å². The summed E-state index contributed by atoms with van der Waals surface area (Å²) < 4.78 is 12.5. The molecule has 0 spiro atoms. The van der Waals surface area contributed by atoms with Crippen molar-refractivity contribution in [2.45, 2.75) is 26.9 Å². The van der Waals surface area contributed by atoms with Gasteiger partial charge in [-0.1, -0.05) is 29.3 Å². The average molecular weight is 489 g/mol. The van der Waals surface area contributed by atoms with Gasteiger partial charge in [0, 0.05) is 22.8 Å². The first-order chi connectivity index (χ1) is 15.8. The number of methoxy groups -OCH3 is 2. The number of hydrogen-bond acceptors (Lipinski definition) is 6. The van der Waals surface area contributed by atoms with Crippen molar-refractivity contribution in [3.63, 3.8) is 0 Å². The van der Waals surface area contributed by atoms with E-state index < -0.39 is 0 Å². The number of halogens is 2. The van der Waals surface area contributed by atoms with E-state index in [1.54, 1.807) is 37.8 Å². The number of rotatable bonds is 6. The number of aryl methyl sites for hydroxylation is 1. The molecule has 1 aliphatic rings. The Kier molecular flexibility index (Phi) is 6.83. The van der Waals surface area contributed by atoms with Crippen LogP contribution in [0.15, 0.2) is 41.2 Å². The summed E-state index contributed by atoms with van der Waals surface area (Å²) in [7, 11) is 3.25. The van der Waals surface area contributed by atoms with Crippen LogP contribution in [-0.4, -0.2) is 41.9 Å². The van der Waals surface area contributed by atoms with Crippen LogP contribution in [-0.2, 0) is 13.1 Å². The van der Waals surface area contributed by atoms with Crippen molar-refractivity contribution in [2.24, 2.45) is 0 Å². The van der Waals surface area contributed by atoms with Gasteiger partial charge in [-0.25, -0.2) is 4.98 Å². The summed E-state index contributed by atoms with van der Waals surface area (Å²) in [5.41, 5.74) is 3.16. The Hall–Kier alpha value is -2.74. The highest BCUT2D eigenvalue weighted by molar-refractivity contribution is 6.36. The van der Waals surface area contributed by atoms with E-state index >= 15 is 0 Å². The number of nitrogens with zero attached hydrogens (tertiary/aromatic N) is 4. The van der Waals surface area contributed by atoms with Crippen molar-refractivity contribution in [2.75, 3.05) is 32.3 Å². The molecule has 2 heterocycles. The molecular weight excluding hydrogens is 463 g/mol. The summed E-state index contributed by atoms with van der Waals surface area (Å²) in [6.45, 7) is 5.35. The Morgan fingerprint density at radius 1 is 1.00 bits per heavy atom. The maximum absolute atomic E-state index is 13.1. The smallest absolute Gasteiger partial charge is 0.259 e. The summed E-state index contributed by atoms with van der Waals surface area (Å²) in [5.74, 6) is 1.97. The summed E-state index contributed by atoms with van der Waals surface area (Å²) >= 11 is 12.7. The summed E-state index contributed by atoms with van der Waals surface area (Å²) in [5, 5.41) is 1.06. The summed E-state index contributed by atoms with van der Waals surface area (Å²) in [6, 6.07) is 11.2. The number of aromatic nitrogens is 2. The normalized spacial score (nSPS) is 13.7. The van der Waals surface area contributed by atoms with Gasteiger partial charge in [-0.3, -0.25) is 19.2 Å². The molecule has 3 aromatic rings. The molecule has 0 saturated heterocycles. The van der Waals surface area contributed by atoms with E-state index in [0.29, 0.717) is 52.1 Å². The number of hydrogen-bond donors (Lipinski definition) is 0. The van der Waals surface area contributed by atoms with Crippen LogP contribution in [0.3, 0.4) is 0 Å². The largest absolute Gasteiger partial charge is 0.493 e. The Labute approximate surface area is 203 Å². The molecular formula is C24H26Cl2N4O3. The summed E-state index contributed by atoms with van der Waals surface area (Å²) in [4.78, 5) is 22.0. The van der Waals surface area contributed by atoms with Gasteiger partial charge in [0.1, 0.15) is 0 Å². The topological polar surface area (TPSA) is 59.8 Å². The van der Waals surface area contributed by atoms with Crippen molar-refractivity contribution in [1.29, 1.82) is 0 Å². The zero-order chi connectivity index (χ0) is 23.7. The van der Waals surface area contributed by atoms with Gasteiger partial charge >= 0.3 is 0 Å². The minimum absolute atomic E-state index is 0.0524. The van der Waals surface area contributed by atoms with E-state index in [1.807, 2.05) is 36.1 Å². The van der Waals surface area contributed by atoms with E-state index in [0.717, 1.165) is 24.2 Å². The molecule has 1 aromatic heterocycles. The lowest BCUT2D eigenvalue weighted by molar-refractivity contribution is 0.200. The number of benzene rings is 2. The molecule has 2 aromatic carbocycles. The van der Waals surface area contributed by atoms with Gasteiger partial charge in [-0.05, 0) is 56.2 Å². The summed E-state index contributed by atoms with van der Waals surface area (Å²) in [6.07, 6.45) is 0.769. The first kappa shape index (κ1) is 23.4. The lowest BCUT2D eigenvalue weighted by Crippen LogP contribution is -2.48. The van der Waals surface area contributed by atoms with Crippen molar-refractivity contribution in [3.8, 4) is 11.5 Å². The van der Waals surface area contributed by atoms with Gasteiger partial charge in [0.2, 0.25) is 5.95 Å². The van der Waals surface area contributed by atoms with Gasteiger partial charge in [-0.15, -0.1) is 0 Å². The third kappa shape index (κ3) is 4.67. The molecule has 1 aliphatic heterocycles. The molecule has 0 atom stereocenters. The molecule has 0 bridgehead atoms. The molecule has 7 nitrogen and oxygen atoms in total. The van der Waals surface area contributed by atoms with Crippen molar-refractivity contribution in [1.82, 2.24) is 14.5 Å². The van der Waals surface area contributed by atoms with Crippen molar-refractivity contribution < 1.29 is 9.47 Å². The monoisotopic (exact) mass is 488 g/mol. The van der Waals surface area contributed by atoms with E-state index in [2.05, 4.69) is 4.90 Å². The Balaban J connectivity index is 1.66. The Bertz CT molecular complexity index is 1250. The van der Waals surface area contributed by atoms with Crippen molar-refractivity contribution >= 4 is 34.8 Å². The molecule has 174 valence electrons. The van der Waals surface area contributed by atoms with Crippen LogP contribution >= 0.6 is 23.2 Å². The third-order valence-electron chi connectivity index (χ3n) is 5.91. The van der Waals surface area contributed by atoms with Crippen LogP contribution in [0, 0.1) is 13.8 Å². The predicted molar refractivity (Wildman–Crippen MR) is 131 cm³/mol. The second-order valence-corrected chi connectivity index (χ2v) is 8.84. The Morgan fingerprint density at radius 2 is 1.76 bits per heavy atom. The van der Waals surface area contributed by atoms with Crippen LogP contribution in [0.1, 0.15) is 16.8 Å². The van der Waals surface area contributed by atoms with E-state index in [1.165, 1.54) is 0 Å². The maximum Gasteiger partial charge on any atom is 0.259 e. The van der Waals surface area contributed by atoms with Gasteiger partial charge in [0.05, 0.1) is 38.3 Å². The molecule has 0 amide bonds. The fourth-order valence-corrected chi connectivity index (χ4v) is 4.44. The zero-order valence-electron chi connectivity index (χ0n) is 19.1. The van der Waals surface area contributed by atoms with Crippen LogP contribution in [0.2, 0.25) is 10.0 Å². The minimum atomic E-state index is -0.0524. The van der Waals surface area contributed by atoms with Crippen LogP contribution in [0.4, 0.5) is 11.6 Å². The van der Waals surface area contributed by atoms with Crippen LogP contribution in [0.25, 0.3) is 0 Å². The molecule has 0 saturated carbocycles. The number of anilines is 2. The quantitative estimate of drug-likeness (QED) is 0.496. The number of fused-ring (bicyclic) bond motifs is 1. The average Bonchev–Trinajstić information content (AvgIpc) is 2.81. The molecule has 0 unspecified atom stereocenters. The van der Waals surface area contributed by atoms with Crippen molar-refractivity contribution in [3.05, 3.63) is 73.6 Å². The molecule has 0 radical (unpaired) electrons. The van der Waals surface area contributed by atoms with E-state index in [9.17, 15) is 4.79 Å². The Morgan fingerprint density at radius 3 is 2.45 bits per heavy atom. The first-order valence-electron chi connectivity index (χ1n) is 10.6. The SMILES string of the molecule is COc1ccc(CCN2CN(c3ccc(Cl)cc3Cl)c3nc(C)c(C)c(=O)n3C2)cc1OC. The standard InChI is InChI=1S/C24H26Cl2N4O3/c1-15-16(2)27-24-29(20-7-6-18(25)12-19(20)26)13-28(14-30(24)23(15)31)10-9-17-5-8-21(32-3)22(11-17)33-4/h5-8,11-12H,9-10,13-14H2,1-4H3. The molecule has 0 fully saturated rings.